The van der Waals surface area contributed by atoms with Crippen LogP contribution in [0.2, 0.25) is 0 Å². The van der Waals surface area contributed by atoms with Crippen molar-refractivity contribution in [3.63, 3.8) is 0 Å². The van der Waals surface area contributed by atoms with Crippen LogP contribution in [0.4, 0.5) is 0 Å². The Morgan fingerprint density at radius 2 is 2.29 bits per heavy atom. The molecule has 3 N–H and O–H groups in total. The van der Waals surface area contributed by atoms with Gasteiger partial charge in [0.25, 0.3) is 0 Å². The third-order valence-corrected chi connectivity index (χ3v) is 4.12. The van der Waals surface area contributed by atoms with E-state index < -0.39 is 10.0 Å². The molecule has 1 aliphatic rings. The maximum absolute atomic E-state index is 11.7. The second kappa shape index (κ2) is 5.16. The van der Waals surface area contributed by atoms with Gasteiger partial charge in [-0.1, -0.05) is 0 Å². The summed E-state index contributed by atoms with van der Waals surface area (Å²) in [6, 6.07) is 0.543. The van der Waals surface area contributed by atoms with E-state index in [1.54, 1.807) is 6.20 Å². The van der Waals surface area contributed by atoms with Gasteiger partial charge in [0, 0.05) is 30.4 Å². The molecule has 1 aliphatic carbocycles. The van der Waals surface area contributed by atoms with E-state index in [-0.39, 0.29) is 5.75 Å². The Labute approximate surface area is 101 Å². The van der Waals surface area contributed by atoms with Crippen LogP contribution >= 0.6 is 0 Å². The summed E-state index contributed by atoms with van der Waals surface area (Å²) in [7, 11) is -3.20. The quantitative estimate of drug-likeness (QED) is 0.637. The van der Waals surface area contributed by atoms with Crippen molar-refractivity contribution in [2.45, 2.75) is 32.4 Å². The first-order chi connectivity index (χ1) is 8.07. The van der Waals surface area contributed by atoms with E-state index in [0.29, 0.717) is 19.1 Å². The molecule has 0 radical (unpaired) electrons. The fraction of sp³-hybridized carbons (Fsp3) is 0.700. The zero-order chi connectivity index (χ0) is 12.3. The van der Waals surface area contributed by atoms with Crippen LogP contribution in [0.25, 0.3) is 0 Å². The zero-order valence-corrected chi connectivity index (χ0v) is 10.7. The Morgan fingerprint density at radius 1 is 1.53 bits per heavy atom. The predicted octanol–water partition coefficient (Wildman–Crippen LogP) is -0.110. The molecule has 6 nitrogen and oxygen atoms in total. The van der Waals surface area contributed by atoms with Crippen molar-refractivity contribution >= 4 is 10.0 Å². The molecule has 1 saturated carbocycles. The second-order valence-corrected chi connectivity index (χ2v) is 6.32. The fourth-order valence-corrected chi connectivity index (χ4v) is 2.40. The first kappa shape index (κ1) is 12.5. The lowest BCUT2D eigenvalue weighted by molar-refractivity contribution is 0.576. The topological polar surface area (TPSA) is 86.9 Å². The molecule has 7 heteroatoms. The van der Waals surface area contributed by atoms with E-state index in [4.69, 9.17) is 0 Å². The minimum absolute atomic E-state index is 0.125. The van der Waals surface area contributed by atoms with Crippen LogP contribution in [0.1, 0.15) is 24.1 Å². The Balaban J connectivity index is 1.74. The van der Waals surface area contributed by atoms with Crippen molar-refractivity contribution in [3.8, 4) is 0 Å². The van der Waals surface area contributed by atoms with Gasteiger partial charge in [-0.3, -0.25) is 5.10 Å². The summed E-state index contributed by atoms with van der Waals surface area (Å²) in [5.41, 5.74) is 1.77. The number of aryl methyl sites for hydroxylation is 1. The predicted molar refractivity (Wildman–Crippen MR) is 65.0 cm³/mol. The number of aromatic amines is 1. The van der Waals surface area contributed by atoms with E-state index in [9.17, 15) is 8.42 Å². The SMILES string of the molecule is Cc1[nH]ncc1CNS(=O)(=O)CCNC1CC1. The highest BCUT2D eigenvalue weighted by molar-refractivity contribution is 7.89. The molecule has 2 rings (SSSR count). The van der Waals surface area contributed by atoms with Crippen LogP contribution < -0.4 is 10.0 Å². The molecule has 1 aromatic rings. The smallest absolute Gasteiger partial charge is 0.213 e. The van der Waals surface area contributed by atoms with Crippen LogP contribution in [0.3, 0.4) is 0 Å². The van der Waals surface area contributed by atoms with Crippen molar-refractivity contribution in [3.05, 3.63) is 17.5 Å². The zero-order valence-electron chi connectivity index (χ0n) is 9.86. The number of rotatable bonds is 7. The minimum Gasteiger partial charge on any atom is -0.313 e. The van der Waals surface area contributed by atoms with Crippen molar-refractivity contribution in [2.24, 2.45) is 0 Å². The first-order valence-corrected chi connectivity index (χ1v) is 7.41. The van der Waals surface area contributed by atoms with Gasteiger partial charge >= 0.3 is 0 Å². The Kier molecular flexibility index (Phi) is 3.80. The Morgan fingerprint density at radius 3 is 2.88 bits per heavy atom. The van der Waals surface area contributed by atoms with Crippen LogP contribution in [0.15, 0.2) is 6.20 Å². The van der Waals surface area contributed by atoms with Crippen molar-refractivity contribution in [1.29, 1.82) is 0 Å². The molecule has 17 heavy (non-hydrogen) atoms. The van der Waals surface area contributed by atoms with E-state index in [2.05, 4.69) is 20.2 Å². The fourth-order valence-electron chi connectivity index (χ4n) is 1.50. The largest absolute Gasteiger partial charge is 0.313 e. The average Bonchev–Trinajstić information content (AvgIpc) is 2.98. The Bertz CT molecular complexity index is 464. The third-order valence-electron chi connectivity index (χ3n) is 2.80. The van der Waals surface area contributed by atoms with Gasteiger partial charge in [0.2, 0.25) is 10.0 Å². The van der Waals surface area contributed by atoms with Crippen LogP contribution in [-0.2, 0) is 16.6 Å². The molecule has 0 spiro atoms. The summed E-state index contributed by atoms with van der Waals surface area (Å²) in [4.78, 5) is 0. The molecule has 1 fully saturated rings. The summed E-state index contributed by atoms with van der Waals surface area (Å²) in [6.07, 6.45) is 3.98. The average molecular weight is 258 g/mol. The van der Waals surface area contributed by atoms with Crippen molar-refractivity contribution in [1.82, 2.24) is 20.2 Å². The van der Waals surface area contributed by atoms with E-state index in [0.717, 1.165) is 11.3 Å². The van der Waals surface area contributed by atoms with Gasteiger partial charge in [-0.25, -0.2) is 13.1 Å². The summed E-state index contributed by atoms with van der Waals surface area (Å²) in [6.45, 7) is 2.68. The van der Waals surface area contributed by atoms with E-state index in [1.807, 2.05) is 6.92 Å². The summed E-state index contributed by atoms with van der Waals surface area (Å²) >= 11 is 0. The number of hydrogen-bond acceptors (Lipinski definition) is 4. The lowest BCUT2D eigenvalue weighted by Crippen LogP contribution is -2.32. The lowest BCUT2D eigenvalue weighted by Gasteiger charge is -2.06. The van der Waals surface area contributed by atoms with Crippen LogP contribution in [0, 0.1) is 6.92 Å². The molecule has 0 atom stereocenters. The molecule has 0 saturated heterocycles. The highest BCUT2D eigenvalue weighted by Crippen LogP contribution is 2.18. The molecule has 0 aliphatic heterocycles. The number of hydrogen-bond donors (Lipinski definition) is 3. The molecule has 0 unspecified atom stereocenters. The first-order valence-electron chi connectivity index (χ1n) is 5.76. The molecule has 0 bridgehead atoms. The Hall–Kier alpha value is -0.920. The van der Waals surface area contributed by atoms with Gasteiger partial charge in [-0.2, -0.15) is 5.10 Å². The molecular formula is C10H18N4O2S. The molecule has 1 aromatic heterocycles. The molecule has 0 amide bonds. The number of nitrogens with one attached hydrogen (secondary N) is 3. The molecule has 96 valence electrons. The monoisotopic (exact) mass is 258 g/mol. The van der Waals surface area contributed by atoms with Crippen molar-refractivity contribution in [2.75, 3.05) is 12.3 Å². The summed E-state index contributed by atoms with van der Waals surface area (Å²) in [5, 5.41) is 9.80. The van der Waals surface area contributed by atoms with Gasteiger partial charge in [0.1, 0.15) is 0 Å². The van der Waals surface area contributed by atoms with Crippen molar-refractivity contribution < 1.29 is 8.42 Å². The summed E-state index contributed by atoms with van der Waals surface area (Å²) in [5.74, 6) is 0.125. The highest BCUT2D eigenvalue weighted by Gasteiger charge is 2.21. The van der Waals surface area contributed by atoms with E-state index in [1.165, 1.54) is 12.8 Å². The van der Waals surface area contributed by atoms with Crippen LogP contribution in [0.5, 0.6) is 0 Å². The van der Waals surface area contributed by atoms with Crippen LogP contribution in [-0.4, -0.2) is 37.0 Å². The number of sulfonamides is 1. The molecule has 1 heterocycles. The lowest BCUT2D eigenvalue weighted by atomic mass is 10.3. The highest BCUT2D eigenvalue weighted by atomic mass is 32.2. The van der Waals surface area contributed by atoms with Gasteiger partial charge in [-0.05, 0) is 19.8 Å². The second-order valence-electron chi connectivity index (χ2n) is 4.39. The maximum atomic E-state index is 11.7. The number of nitrogens with zero attached hydrogens (tertiary/aromatic N) is 1. The third kappa shape index (κ3) is 4.10. The van der Waals surface area contributed by atoms with Gasteiger partial charge in [-0.15, -0.1) is 0 Å². The molecular weight excluding hydrogens is 240 g/mol. The maximum Gasteiger partial charge on any atom is 0.213 e. The summed E-state index contributed by atoms with van der Waals surface area (Å²) < 4.78 is 25.9. The standard InChI is InChI=1S/C10H18N4O2S/c1-8-9(6-12-14-8)7-13-17(15,16)5-4-11-10-2-3-10/h6,10-11,13H,2-5,7H2,1H3,(H,12,14). The number of aromatic nitrogens is 2. The van der Waals surface area contributed by atoms with Gasteiger partial charge in [0.05, 0.1) is 11.9 Å². The normalized spacial score (nSPS) is 16.3. The van der Waals surface area contributed by atoms with Gasteiger partial charge in [0.15, 0.2) is 0 Å². The van der Waals surface area contributed by atoms with E-state index >= 15 is 0 Å². The van der Waals surface area contributed by atoms with Gasteiger partial charge < -0.3 is 5.32 Å². The minimum atomic E-state index is -3.20. The number of H-pyrrole nitrogens is 1. The molecule has 0 aromatic carbocycles.